The molecule has 7 nitrogen and oxygen atoms in total. The Balaban J connectivity index is 0.00000341. The Hall–Kier alpha value is -4.01. The third-order valence-electron chi connectivity index (χ3n) is 4.11. The lowest BCUT2D eigenvalue weighted by Crippen LogP contribution is -2.15. The lowest BCUT2D eigenvalue weighted by atomic mass is 10.1. The van der Waals surface area contributed by atoms with Crippen LogP contribution < -0.4 is 20.3 Å². The van der Waals surface area contributed by atoms with Crippen molar-refractivity contribution in [3.8, 4) is 28.5 Å². The smallest absolute Gasteiger partial charge is 0.254 e. The molecule has 0 spiro atoms. The number of hydrogen-bond donors (Lipinski definition) is 1. The zero-order valence-corrected chi connectivity index (χ0v) is 16.1. The molecular weight excluding hydrogens is 408 g/mol. The average Bonchev–Trinajstić information content (AvgIpc) is 2.72. The Bertz CT molecular complexity index is 1190. The molecule has 1 amide bonds. The average molecular weight is 429 g/mol. The number of pyridine rings is 2. The molecule has 0 aliphatic rings. The second-order valence-electron chi connectivity index (χ2n) is 6.15. The van der Waals surface area contributed by atoms with Gasteiger partial charge in [-0.15, -0.1) is 0 Å². The van der Waals surface area contributed by atoms with E-state index in [-0.39, 0.29) is 30.4 Å². The molecular formula is C22H21F2N3O4. The van der Waals surface area contributed by atoms with Gasteiger partial charge in [-0.3, -0.25) is 9.59 Å². The fraction of sp³-hybridized carbons (Fsp3) is 0.136. The maximum atomic E-state index is 14.1. The predicted octanol–water partition coefficient (Wildman–Crippen LogP) is 4.29. The minimum absolute atomic E-state index is 0. The molecule has 31 heavy (non-hydrogen) atoms. The number of benzene rings is 1. The standard InChI is InChI=1S/C21H17F2N3O4.CH4/c1-4-19(27)25-13-8-14(15-11-26(2)20(28)9-18(15)29-3)21(24-10-13)30-17-6-5-12(22)7-16(17)23;/h4-11H,1H2,2-3H3,(H,25,27);1H4. The third-order valence-corrected chi connectivity index (χ3v) is 4.11. The second-order valence-corrected chi connectivity index (χ2v) is 6.15. The van der Waals surface area contributed by atoms with Crippen molar-refractivity contribution in [3.63, 3.8) is 0 Å². The van der Waals surface area contributed by atoms with Crippen LogP contribution in [0, 0.1) is 11.6 Å². The molecule has 0 bridgehead atoms. The van der Waals surface area contributed by atoms with Crippen molar-refractivity contribution in [2.24, 2.45) is 7.05 Å². The topological polar surface area (TPSA) is 82.5 Å². The first-order valence-electron chi connectivity index (χ1n) is 8.63. The highest BCUT2D eigenvalue weighted by Crippen LogP contribution is 2.38. The van der Waals surface area contributed by atoms with Crippen molar-refractivity contribution in [2.75, 3.05) is 12.4 Å². The molecule has 0 radical (unpaired) electrons. The van der Waals surface area contributed by atoms with Crippen LogP contribution >= 0.6 is 0 Å². The monoisotopic (exact) mass is 429 g/mol. The number of aryl methyl sites for hydroxylation is 1. The van der Waals surface area contributed by atoms with Gasteiger partial charge in [0.2, 0.25) is 11.8 Å². The molecule has 2 heterocycles. The molecule has 2 aromatic heterocycles. The van der Waals surface area contributed by atoms with Gasteiger partial charge in [0, 0.05) is 30.9 Å². The molecule has 0 aliphatic carbocycles. The summed E-state index contributed by atoms with van der Waals surface area (Å²) in [5.74, 6) is -2.22. The van der Waals surface area contributed by atoms with Gasteiger partial charge in [0.05, 0.1) is 24.6 Å². The summed E-state index contributed by atoms with van der Waals surface area (Å²) >= 11 is 0. The molecule has 9 heteroatoms. The number of nitrogens with zero attached hydrogens (tertiary/aromatic N) is 2. The maximum Gasteiger partial charge on any atom is 0.254 e. The molecule has 162 valence electrons. The minimum atomic E-state index is -0.917. The van der Waals surface area contributed by atoms with E-state index in [9.17, 15) is 18.4 Å². The quantitative estimate of drug-likeness (QED) is 0.591. The summed E-state index contributed by atoms with van der Waals surface area (Å²) in [4.78, 5) is 27.8. The van der Waals surface area contributed by atoms with Crippen molar-refractivity contribution in [3.05, 3.63) is 77.4 Å². The molecule has 1 N–H and O–H groups in total. The Morgan fingerprint density at radius 3 is 2.58 bits per heavy atom. The van der Waals surface area contributed by atoms with Crippen LogP contribution in [0.2, 0.25) is 0 Å². The van der Waals surface area contributed by atoms with Gasteiger partial charge in [-0.05, 0) is 24.3 Å². The Kier molecular flexibility index (Phi) is 7.25. The summed E-state index contributed by atoms with van der Waals surface area (Å²) in [6.45, 7) is 3.39. The number of amides is 1. The van der Waals surface area contributed by atoms with Crippen LogP contribution in [-0.2, 0) is 11.8 Å². The molecule has 0 atom stereocenters. The normalized spacial score (nSPS) is 10.1. The van der Waals surface area contributed by atoms with Gasteiger partial charge in [0.1, 0.15) is 11.6 Å². The van der Waals surface area contributed by atoms with Gasteiger partial charge >= 0.3 is 0 Å². The Morgan fingerprint density at radius 2 is 1.94 bits per heavy atom. The van der Waals surface area contributed by atoms with Gasteiger partial charge in [0.25, 0.3) is 5.56 Å². The van der Waals surface area contributed by atoms with E-state index in [0.29, 0.717) is 22.9 Å². The van der Waals surface area contributed by atoms with E-state index in [1.54, 1.807) is 7.05 Å². The fourth-order valence-corrected chi connectivity index (χ4v) is 2.63. The molecule has 0 unspecified atom stereocenters. The van der Waals surface area contributed by atoms with Crippen molar-refractivity contribution in [1.82, 2.24) is 9.55 Å². The molecule has 0 saturated heterocycles. The van der Waals surface area contributed by atoms with E-state index >= 15 is 0 Å². The largest absolute Gasteiger partial charge is 0.496 e. The van der Waals surface area contributed by atoms with Crippen LogP contribution in [-0.4, -0.2) is 22.6 Å². The number of carbonyl (C=O) groups is 1. The second kappa shape index (κ2) is 9.66. The van der Waals surface area contributed by atoms with Crippen LogP contribution in [0.4, 0.5) is 14.5 Å². The lowest BCUT2D eigenvalue weighted by molar-refractivity contribution is -0.111. The number of ether oxygens (including phenoxy) is 2. The number of carbonyl (C=O) groups excluding carboxylic acids is 1. The van der Waals surface area contributed by atoms with E-state index in [4.69, 9.17) is 9.47 Å². The van der Waals surface area contributed by atoms with Crippen LogP contribution in [0.25, 0.3) is 11.1 Å². The number of anilines is 1. The number of methoxy groups -OCH3 is 1. The molecule has 3 rings (SSSR count). The molecule has 0 aliphatic heterocycles. The third kappa shape index (κ3) is 5.13. The summed E-state index contributed by atoms with van der Waals surface area (Å²) in [6.07, 6.45) is 3.88. The molecule has 0 saturated carbocycles. The Morgan fingerprint density at radius 1 is 1.19 bits per heavy atom. The summed E-state index contributed by atoms with van der Waals surface area (Å²) in [5, 5.41) is 2.57. The zero-order chi connectivity index (χ0) is 21.8. The van der Waals surface area contributed by atoms with Crippen LogP contribution in [0.5, 0.6) is 17.4 Å². The van der Waals surface area contributed by atoms with Crippen molar-refractivity contribution < 1.29 is 23.0 Å². The lowest BCUT2D eigenvalue weighted by Gasteiger charge is -2.15. The highest BCUT2D eigenvalue weighted by Gasteiger charge is 2.18. The summed E-state index contributed by atoms with van der Waals surface area (Å²) in [6, 6.07) is 5.64. The first kappa shape index (κ1) is 23.3. The predicted molar refractivity (Wildman–Crippen MR) is 113 cm³/mol. The fourth-order valence-electron chi connectivity index (χ4n) is 2.63. The van der Waals surface area contributed by atoms with Gasteiger partial charge < -0.3 is 19.4 Å². The molecule has 3 aromatic rings. The maximum absolute atomic E-state index is 14.1. The highest BCUT2D eigenvalue weighted by molar-refractivity contribution is 5.99. The number of aromatic nitrogens is 2. The van der Waals surface area contributed by atoms with Crippen molar-refractivity contribution in [1.29, 1.82) is 0 Å². The van der Waals surface area contributed by atoms with Crippen LogP contribution in [0.15, 0.2) is 60.2 Å². The van der Waals surface area contributed by atoms with E-state index in [2.05, 4.69) is 16.9 Å². The Labute approximate surface area is 177 Å². The van der Waals surface area contributed by atoms with Crippen LogP contribution in [0.1, 0.15) is 7.43 Å². The first-order valence-corrected chi connectivity index (χ1v) is 8.63. The summed E-state index contributed by atoms with van der Waals surface area (Å²) < 4.78 is 39.5. The van der Waals surface area contributed by atoms with E-state index in [0.717, 1.165) is 18.2 Å². The van der Waals surface area contributed by atoms with Crippen LogP contribution in [0.3, 0.4) is 0 Å². The SMILES string of the molecule is C.C=CC(=O)Nc1cnc(Oc2ccc(F)cc2F)c(-c2cn(C)c(=O)cc2OC)c1. The number of rotatable bonds is 6. The van der Waals surface area contributed by atoms with Gasteiger partial charge in [-0.1, -0.05) is 14.0 Å². The van der Waals surface area contributed by atoms with Crippen molar-refractivity contribution >= 4 is 11.6 Å². The number of hydrogen-bond acceptors (Lipinski definition) is 5. The van der Waals surface area contributed by atoms with Gasteiger partial charge in [-0.2, -0.15) is 0 Å². The van der Waals surface area contributed by atoms with Gasteiger partial charge in [0.15, 0.2) is 11.6 Å². The van der Waals surface area contributed by atoms with Crippen molar-refractivity contribution in [2.45, 2.75) is 7.43 Å². The number of nitrogens with one attached hydrogen (secondary N) is 1. The number of halogens is 2. The highest BCUT2D eigenvalue weighted by atomic mass is 19.1. The molecule has 1 aromatic carbocycles. The zero-order valence-electron chi connectivity index (χ0n) is 16.1. The molecule has 0 fully saturated rings. The van der Waals surface area contributed by atoms with E-state index < -0.39 is 17.5 Å². The van der Waals surface area contributed by atoms with E-state index in [1.165, 1.54) is 36.2 Å². The summed E-state index contributed by atoms with van der Waals surface area (Å²) in [7, 11) is 2.93. The van der Waals surface area contributed by atoms with Gasteiger partial charge in [-0.25, -0.2) is 13.8 Å². The van der Waals surface area contributed by atoms with E-state index in [1.807, 2.05) is 0 Å². The summed E-state index contributed by atoms with van der Waals surface area (Å²) in [5.41, 5.74) is 0.691. The first-order chi connectivity index (χ1) is 14.3. The minimum Gasteiger partial charge on any atom is -0.496 e.